The fourth-order valence-electron chi connectivity index (χ4n) is 7.29. The van der Waals surface area contributed by atoms with Crippen molar-refractivity contribution in [1.29, 1.82) is 0 Å². The Hall–Kier alpha value is -5.69. The van der Waals surface area contributed by atoms with E-state index in [2.05, 4.69) is 5.32 Å². The van der Waals surface area contributed by atoms with E-state index < -0.39 is 35.8 Å². The minimum absolute atomic E-state index is 0.0554. The van der Waals surface area contributed by atoms with E-state index >= 15 is 0 Å². The second-order valence-electron chi connectivity index (χ2n) is 14.4. The molecule has 0 saturated heterocycles. The van der Waals surface area contributed by atoms with Gasteiger partial charge in [0.1, 0.15) is 11.8 Å². The number of amides is 2. The molecule has 5 aromatic rings. The normalized spacial score (nSPS) is 13.8. The summed E-state index contributed by atoms with van der Waals surface area (Å²) in [5.41, 5.74) is 7.27. The Labute approximate surface area is 312 Å². The second-order valence-corrected chi connectivity index (χ2v) is 14.4. The lowest BCUT2D eigenvalue weighted by atomic mass is 9.85. The van der Waals surface area contributed by atoms with Crippen LogP contribution < -0.4 is 10.1 Å². The first-order chi connectivity index (χ1) is 25.7. The van der Waals surface area contributed by atoms with Gasteiger partial charge in [0.05, 0.1) is 5.92 Å². The number of urea groups is 1. The number of benzene rings is 5. The van der Waals surface area contributed by atoms with Gasteiger partial charge < -0.3 is 20.1 Å². The van der Waals surface area contributed by atoms with Crippen molar-refractivity contribution in [1.82, 2.24) is 10.2 Å². The SMILES string of the molecule is CC(C)CN(C[C@H](Cc1ccccc1)C(=O)Oc1ccc2c(c1)CCC2)C(=O)N[C@H](C(=O)O)C(Cc1ccccc1)c1ccc(-c2ccccc2)cc1. The number of carboxylic acid groups (broad SMARTS) is 1. The van der Waals surface area contributed by atoms with Crippen molar-refractivity contribution in [3.63, 3.8) is 0 Å². The van der Waals surface area contributed by atoms with Crippen LogP contribution in [0, 0.1) is 11.8 Å². The van der Waals surface area contributed by atoms with Crippen LogP contribution in [-0.4, -0.2) is 47.1 Å². The maximum atomic E-state index is 14.3. The van der Waals surface area contributed by atoms with Crippen LogP contribution in [0.2, 0.25) is 0 Å². The number of nitrogens with one attached hydrogen (secondary N) is 1. The molecule has 1 aliphatic rings. The molecule has 272 valence electrons. The van der Waals surface area contributed by atoms with Gasteiger partial charge in [-0.05, 0) is 89.1 Å². The summed E-state index contributed by atoms with van der Waals surface area (Å²) in [4.78, 5) is 43.0. The maximum absolute atomic E-state index is 14.3. The number of rotatable bonds is 15. The average molecular weight is 709 g/mol. The number of hydrogen-bond acceptors (Lipinski definition) is 4. The van der Waals surface area contributed by atoms with E-state index in [0.29, 0.717) is 25.1 Å². The summed E-state index contributed by atoms with van der Waals surface area (Å²) in [6.07, 6.45) is 3.84. The molecule has 2 N–H and O–H groups in total. The van der Waals surface area contributed by atoms with E-state index in [1.807, 2.05) is 147 Å². The van der Waals surface area contributed by atoms with Crippen molar-refractivity contribution in [3.05, 3.63) is 161 Å². The van der Waals surface area contributed by atoms with Gasteiger partial charge in [-0.15, -0.1) is 0 Å². The van der Waals surface area contributed by atoms with Crippen molar-refractivity contribution < 1.29 is 24.2 Å². The number of ether oxygens (including phenoxy) is 1. The highest BCUT2D eigenvalue weighted by Crippen LogP contribution is 2.30. The summed E-state index contributed by atoms with van der Waals surface area (Å²) < 4.78 is 5.99. The Morgan fingerprint density at radius 2 is 1.28 bits per heavy atom. The number of aliphatic carboxylic acids is 1. The molecule has 0 heterocycles. The van der Waals surface area contributed by atoms with E-state index in [-0.39, 0.29) is 12.5 Å². The maximum Gasteiger partial charge on any atom is 0.326 e. The predicted octanol–water partition coefficient (Wildman–Crippen LogP) is 8.75. The van der Waals surface area contributed by atoms with E-state index in [0.717, 1.165) is 47.1 Å². The minimum Gasteiger partial charge on any atom is -0.480 e. The number of nitrogens with zero attached hydrogens (tertiary/aromatic N) is 1. The van der Waals surface area contributed by atoms with Crippen LogP contribution in [0.3, 0.4) is 0 Å². The molecule has 0 aromatic heterocycles. The molecule has 5 aromatic carbocycles. The quantitative estimate of drug-likeness (QED) is 0.0838. The van der Waals surface area contributed by atoms with Gasteiger partial charge in [0, 0.05) is 19.0 Å². The first kappa shape index (κ1) is 37.1. The van der Waals surface area contributed by atoms with Crippen LogP contribution in [0.25, 0.3) is 11.1 Å². The molecule has 0 radical (unpaired) electrons. The van der Waals surface area contributed by atoms with E-state index in [1.165, 1.54) is 11.1 Å². The van der Waals surface area contributed by atoms with Gasteiger partial charge in [0.2, 0.25) is 0 Å². The Morgan fingerprint density at radius 1 is 0.698 bits per heavy atom. The number of esters is 1. The van der Waals surface area contributed by atoms with Crippen molar-refractivity contribution in [2.45, 2.75) is 57.9 Å². The molecule has 0 bridgehead atoms. The molecule has 7 heteroatoms. The van der Waals surface area contributed by atoms with E-state index in [1.54, 1.807) is 4.90 Å². The Morgan fingerprint density at radius 3 is 1.91 bits per heavy atom. The summed E-state index contributed by atoms with van der Waals surface area (Å²) in [5.74, 6) is -2.27. The van der Waals surface area contributed by atoms with Gasteiger partial charge in [0.25, 0.3) is 0 Å². The zero-order valence-electron chi connectivity index (χ0n) is 30.5. The van der Waals surface area contributed by atoms with Gasteiger partial charge in [-0.25, -0.2) is 9.59 Å². The number of carboxylic acids is 1. The Bertz CT molecular complexity index is 1960. The topological polar surface area (TPSA) is 95.9 Å². The first-order valence-electron chi connectivity index (χ1n) is 18.6. The van der Waals surface area contributed by atoms with Crippen molar-refractivity contribution in [2.24, 2.45) is 11.8 Å². The number of hydrogen-bond donors (Lipinski definition) is 2. The third-order valence-corrected chi connectivity index (χ3v) is 9.95. The summed E-state index contributed by atoms with van der Waals surface area (Å²) in [7, 11) is 0. The molecule has 3 atom stereocenters. The average Bonchev–Trinajstić information content (AvgIpc) is 3.65. The van der Waals surface area contributed by atoms with Gasteiger partial charge in [0.15, 0.2) is 0 Å². The number of aryl methyl sites for hydroxylation is 2. The van der Waals surface area contributed by atoms with E-state index in [9.17, 15) is 19.5 Å². The summed E-state index contributed by atoms with van der Waals surface area (Å²) >= 11 is 0. The fraction of sp³-hybridized carbons (Fsp3) is 0.283. The summed E-state index contributed by atoms with van der Waals surface area (Å²) in [6.45, 7) is 4.38. The molecule has 0 spiro atoms. The lowest BCUT2D eigenvalue weighted by Crippen LogP contribution is -2.53. The molecule has 7 nitrogen and oxygen atoms in total. The molecular weight excluding hydrogens is 661 g/mol. The second kappa shape index (κ2) is 17.7. The Balaban J connectivity index is 1.27. The molecule has 53 heavy (non-hydrogen) atoms. The standard InChI is InChI=1S/C46H48N2O5/c1-32(2)30-48(31-40(27-33-13-6-3-7-14-33)45(51)53-41-26-25-36-19-12-20-39(36)29-41)46(52)47-43(44(49)50)42(28-34-15-8-4-9-16-34)38-23-21-37(22-24-38)35-17-10-5-11-18-35/h3-11,13-18,21-26,29,32,40,42-43H,12,19-20,27-28,30-31H2,1-2H3,(H,47,52)(H,49,50)/t40-,42?,43-/m0/s1. The van der Waals surface area contributed by atoms with Crippen LogP contribution in [-0.2, 0) is 35.3 Å². The van der Waals surface area contributed by atoms with Crippen molar-refractivity contribution >= 4 is 18.0 Å². The molecular formula is C46H48N2O5. The third-order valence-electron chi connectivity index (χ3n) is 9.95. The summed E-state index contributed by atoms with van der Waals surface area (Å²) in [5, 5.41) is 13.6. The number of fused-ring (bicyclic) bond motifs is 1. The fourth-order valence-corrected chi connectivity index (χ4v) is 7.29. The van der Waals surface area contributed by atoms with Crippen LogP contribution >= 0.6 is 0 Å². The minimum atomic E-state index is -1.24. The van der Waals surface area contributed by atoms with Crippen LogP contribution in [0.4, 0.5) is 4.79 Å². The zero-order chi connectivity index (χ0) is 37.2. The van der Waals surface area contributed by atoms with Gasteiger partial charge in [-0.1, -0.05) is 135 Å². The predicted molar refractivity (Wildman–Crippen MR) is 209 cm³/mol. The van der Waals surface area contributed by atoms with Gasteiger partial charge >= 0.3 is 18.0 Å². The van der Waals surface area contributed by atoms with Crippen LogP contribution in [0.1, 0.15) is 54.0 Å². The highest BCUT2D eigenvalue weighted by molar-refractivity contribution is 5.84. The van der Waals surface area contributed by atoms with Crippen molar-refractivity contribution in [3.8, 4) is 16.9 Å². The molecule has 0 fully saturated rings. The molecule has 1 unspecified atom stereocenters. The molecule has 6 rings (SSSR count). The zero-order valence-corrected chi connectivity index (χ0v) is 30.5. The molecule has 1 aliphatic carbocycles. The lowest BCUT2D eigenvalue weighted by Gasteiger charge is -2.32. The van der Waals surface area contributed by atoms with Gasteiger partial charge in [-0.3, -0.25) is 4.79 Å². The lowest BCUT2D eigenvalue weighted by molar-refractivity contribution is -0.141. The largest absolute Gasteiger partial charge is 0.480 e. The summed E-state index contributed by atoms with van der Waals surface area (Å²) in [6, 6.07) is 41.4. The van der Waals surface area contributed by atoms with Crippen molar-refractivity contribution in [2.75, 3.05) is 13.1 Å². The smallest absolute Gasteiger partial charge is 0.326 e. The monoisotopic (exact) mass is 708 g/mol. The molecule has 0 saturated carbocycles. The highest BCUT2D eigenvalue weighted by atomic mass is 16.5. The molecule has 0 aliphatic heterocycles. The molecule has 2 amide bonds. The van der Waals surface area contributed by atoms with E-state index in [4.69, 9.17) is 4.74 Å². The van der Waals surface area contributed by atoms with Crippen LogP contribution in [0.5, 0.6) is 5.75 Å². The Kier molecular flexibility index (Phi) is 12.4. The number of carbonyl (C=O) groups is 3. The van der Waals surface area contributed by atoms with Crippen LogP contribution in [0.15, 0.2) is 133 Å². The van der Waals surface area contributed by atoms with Gasteiger partial charge in [-0.2, -0.15) is 0 Å². The third kappa shape index (κ3) is 10.0. The highest BCUT2D eigenvalue weighted by Gasteiger charge is 2.34. The number of carbonyl (C=O) groups excluding carboxylic acids is 2. The first-order valence-corrected chi connectivity index (χ1v) is 18.6.